The lowest BCUT2D eigenvalue weighted by molar-refractivity contribution is -0.123. The van der Waals surface area contributed by atoms with Gasteiger partial charge in [0.1, 0.15) is 5.78 Å². The summed E-state index contributed by atoms with van der Waals surface area (Å²) >= 11 is 0. The topological polar surface area (TPSA) is 29.1 Å². The van der Waals surface area contributed by atoms with Gasteiger partial charge in [-0.3, -0.25) is 4.79 Å². The van der Waals surface area contributed by atoms with Crippen molar-refractivity contribution in [2.24, 2.45) is 17.8 Å². The molecule has 1 heterocycles. The zero-order chi connectivity index (χ0) is 12.0. The van der Waals surface area contributed by atoms with Gasteiger partial charge in [-0.15, -0.1) is 0 Å². The summed E-state index contributed by atoms with van der Waals surface area (Å²) in [4.78, 5) is 12.0. The molecule has 0 amide bonds. The van der Waals surface area contributed by atoms with Gasteiger partial charge in [-0.25, -0.2) is 0 Å². The van der Waals surface area contributed by atoms with Crippen LogP contribution in [0.1, 0.15) is 52.9 Å². The molecule has 0 aliphatic carbocycles. The lowest BCUT2D eigenvalue weighted by Gasteiger charge is -2.28. The molecular formula is C14H27NO. The number of hydrogen-bond acceptors (Lipinski definition) is 2. The Bertz CT molecular complexity index is 209. The molecule has 0 aromatic rings. The van der Waals surface area contributed by atoms with E-state index >= 15 is 0 Å². The molecule has 1 aliphatic heterocycles. The molecule has 2 heteroatoms. The standard InChI is InChI=1S/C14H27NO/c1-4-6-11(2)14(16)9-12(3)13-7-5-8-15-10-13/h11-13,15H,4-10H2,1-3H3. The summed E-state index contributed by atoms with van der Waals surface area (Å²) in [5.41, 5.74) is 0. The van der Waals surface area contributed by atoms with Crippen molar-refractivity contribution in [2.75, 3.05) is 13.1 Å². The first-order valence-electron chi connectivity index (χ1n) is 6.88. The molecule has 1 N–H and O–H groups in total. The quantitative estimate of drug-likeness (QED) is 0.753. The summed E-state index contributed by atoms with van der Waals surface area (Å²) in [5, 5.41) is 3.43. The molecule has 3 unspecified atom stereocenters. The second kappa shape index (κ2) is 7.05. The highest BCUT2D eigenvalue weighted by Crippen LogP contribution is 2.24. The van der Waals surface area contributed by atoms with Crippen LogP contribution in [0.15, 0.2) is 0 Å². The maximum absolute atomic E-state index is 12.0. The molecule has 3 atom stereocenters. The maximum atomic E-state index is 12.0. The minimum absolute atomic E-state index is 0.268. The fourth-order valence-corrected chi connectivity index (χ4v) is 2.64. The molecular weight excluding hydrogens is 198 g/mol. The van der Waals surface area contributed by atoms with Crippen LogP contribution in [0.25, 0.3) is 0 Å². The Kier molecular flexibility index (Phi) is 6.04. The number of Topliss-reactive ketones (excluding diaryl/α,β-unsaturated/α-hetero) is 1. The Hall–Kier alpha value is -0.370. The van der Waals surface area contributed by atoms with E-state index in [0.29, 0.717) is 17.6 Å². The Morgan fingerprint density at radius 3 is 2.75 bits per heavy atom. The smallest absolute Gasteiger partial charge is 0.135 e. The van der Waals surface area contributed by atoms with Gasteiger partial charge in [0, 0.05) is 12.3 Å². The Morgan fingerprint density at radius 1 is 1.44 bits per heavy atom. The van der Waals surface area contributed by atoms with Crippen LogP contribution in [0, 0.1) is 17.8 Å². The van der Waals surface area contributed by atoms with Gasteiger partial charge in [0.15, 0.2) is 0 Å². The predicted molar refractivity (Wildman–Crippen MR) is 68.5 cm³/mol. The summed E-state index contributed by atoms with van der Waals surface area (Å²) in [6.07, 6.45) is 5.52. The van der Waals surface area contributed by atoms with Crippen LogP contribution in [-0.2, 0) is 4.79 Å². The molecule has 0 aromatic carbocycles. The van der Waals surface area contributed by atoms with Crippen molar-refractivity contribution in [3.8, 4) is 0 Å². The highest BCUT2D eigenvalue weighted by atomic mass is 16.1. The first-order valence-corrected chi connectivity index (χ1v) is 6.88. The number of hydrogen-bond donors (Lipinski definition) is 1. The summed E-state index contributed by atoms with van der Waals surface area (Å²) in [6.45, 7) is 8.74. The predicted octanol–water partition coefficient (Wildman–Crippen LogP) is 3.02. The van der Waals surface area contributed by atoms with Crippen molar-refractivity contribution >= 4 is 5.78 Å². The van der Waals surface area contributed by atoms with Crippen LogP contribution in [0.4, 0.5) is 0 Å². The molecule has 1 rings (SSSR count). The molecule has 1 saturated heterocycles. The minimum atomic E-state index is 0.268. The van der Waals surface area contributed by atoms with Gasteiger partial charge in [-0.1, -0.05) is 27.2 Å². The summed E-state index contributed by atoms with van der Waals surface area (Å²) in [6, 6.07) is 0. The number of carbonyl (C=O) groups is 1. The lowest BCUT2D eigenvalue weighted by Crippen LogP contribution is -2.34. The second-order valence-electron chi connectivity index (χ2n) is 5.44. The van der Waals surface area contributed by atoms with Gasteiger partial charge < -0.3 is 5.32 Å². The molecule has 0 radical (unpaired) electrons. The van der Waals surface area contributed by atoms with E-state index in [4.69, 9.17) is 0 Å². The van der Waals surface area contributed by atoms with Gasteiger partial charge in [0.2, 0.25) is 0 Å². The Labute approximate surface area is 100 Å². The monoisotopic (exact) mass is 225 g/mol. The number of carbonyl (C=O) groups excluding carboxylic acids is 1. The average molecular weight is 225 g/mol. The van der Waals surface area contributed by atoms with E-state index < -0.39 is 0 Å². The SMILES string of the molecule is CCCC(C)C(=O)CC(C)C1CCCNC1. The highest BCUT2D eigenvalue weighted by Gasteiger charge is 2.23. The zero-order valence-corrected chi connectivity index (χ0v) is 11.1. The van der Waals surface area contributed by atoms with Crippen LogP contribution in [0.5, 0.6) is 0 Å². The van der Waals surface area contributed by atoms with E-state index in [0.717, 1.165) is 32.4 Å². The minimum Gasteiger partial charge on any atom is -0.316 e. The fourth-order valence-electron chi connectivity index (χ4n) is 2.64. The number of nitrogens with one attached hydrogen (secondary N) is 1. The fraction of sp³-hybridized carbons (Fsp3) is 0.929. The van der Waals surface area contributed by atoms with Gasteiger partial charge >= 0.3 is 0 Å². The normalized spacial score (nSPS) is 25.1. The number of piperidine rings is 1. The van der Waals surface area contributed by atoms with Crippen LogP contribution in [0.2, 0.25) is 0 Å². The third kappa shape index (κ3) is 4.25. The third-order valence-electron chi connectivity index (χ3n) is 3.93. The maximum Gasteiger partial charge on any atom is 0.135 e. The second-order valence-corrected chi connectivity index (χ2v) is 5.44. The molecule has 1 fully saturated rings. The van der Waals surface area contributed by atoms with E-state index in [-0.39, 0.29) is 5.92 Å². The molecule has 0 aromatic heterocycles. The van der Waals surface area contributed by atoms with Gasteiger partial charge in [-0.05, 0) is 44.2 Å². The van der Waals surface area contributed by atoms with E-state index in [2.05, 4.69) is 26.1 Å². The molecule has 2 nitrogen and oxygen atoms in total. The summed E-state index contributed by atoms with van der Waals surface area (Å²) in [5.74, 6) is 2.01. The molecule has 94 valence electrons. The Balaban J connectivity index is 2.31. The zero-order valence-electron chi connectivity index (χ0n) is 11.1. The van der Waals surface area contributed by atoms with Gasteiger partial charge in [0.25, 0.3) is 0 Å². The van der Waals surface area contributed by atoms with Crippen LogP contribution in [-0.4, -0.2) is 18.9 Å². The molecule has 1 aliphatic rings. The molecule has 0 spiro atoms. The van der Waals surface area contributed by atoms with Crippen molar-refractivity contribution in [1.29, 1.82) is 0 Å². The number of ketones is 1. The third-order valence-corrected chi connectivity index (χ3v) is 3.93. The first kappa shape index (κ1) is 13.7. The summed E-state index contributed by atoms with van der Waals surface area (Å²) < 4.78 is 0. The van der Waals surface area contributed by atoms with E-state index in [9.17, 15) is 4.79 Å². The van der Waals surface area contributed by atoms with Crippen molar-refractivity contribution < 1.29 is 4.79 Å². The summed E-state index contributed by atoms with van der Waals surface area (Å²) in [7, 11) is 0. The first-order chi connectivity index (χ1) is 7.65. The molecule has 0 bridgehead atoms. The van der Waals surface area contributed by atoms with Crippen LogP contribution < -0.4 is 5.32 Å². The largest absolute Gasteiger partial charge is 0.316 e. The lowest BCUT2D eigenvalue weighted by atomic mass is 9.82. The van der Waals surface area contributed by atoms with Gasteiger partial charge in [0.05, 0.1) is 0 Å². The van der Waals surface area contributed by atoms with Crippen molar-refractivity contribution in [3.05, 3.63) is 0 Å². The van der Waals surface area contributed by atoms with Crippen molar-refractivity contribution in [3.63, 3.8) is 0 Å². The van der Waals surface area contributed by atoms with E-state index in [1.807, 2.05) is 0 Å². The molecule has 0 saturated carbocycles. The van der Waals surface area contributed by atoms with Crippen molar-refractivity contribution in [2.45, 2.75) is 52.9 Å². The van der Waals surface area contributed by atoms with Gasteiger partial charge in [-0.2, -0.15) is 0 Å². The van der Waals surface area contributed by atoms with Crippen molar-refractivity contribution in [1.82, 2.24) is 5.32 Å². The highest BCUT2D eigenvalue weighted by molar-refractivity contribution is 5.80. The van der Waals surface area contributed by atoms with E-state index in [1.54, 1.807) is 0 Å². The van der Waals surface area contributed by atoms with Crippen LogP contribution in [0.3, 0.4) is 0 Å². The Morgan fingerprint density at radius 2 is 2.19 bits per heavy atom. The number of rotatable bonds is 6. The molecule has 16 heavy (non-hydrogen) atoms. The van der Waals surface area contributed by atoms with Crippen LogP contribution >= 0.6 is 0 Å². The van der Waals surface area contributed by atoms with E-state index in [1.165, 1.54) is 12.8 Å². The average Bonchev–Trinajstić information content (AvgIpc) is 2.30.